The summed E-state index contributed by atoms with van der Waals surface area (Å²) in [5.74, 6) is 0.619. The van der Waals surface area contributed by atoms with Crippen molar-refractivity contribution in [3.05, 3.63) is 42.6 Å². The van der Waals surface area contributed by atoms with Crippen LogP contribution >= 0.6 is 11.8 Å². The van der Waals surface area contributed by atoms with E-state index in [4.69, 9.17) is 10.5 Å². The number of nitrogen functional groups attached to an aromatic ring is 1. The lowest BCUT2D eigenvalue weighted by Crippen LogP contribution is -2.22. The molecule has 7 nitrogen and oxygen atoms in total. The molecule has 0 aliphatic carbocycles. The number of rotatable bonds is 5. The fourth-order valence-electron chi connectivity index (χ4n) is 2.10. The number of aromatic nitrogens is 3. The van der Waals surface area contributed by atoms with Crippen LogP contribution in [0.1, 0.15) is 6.92 Å². The smallest absolute Gasteiger partial charge is 0.237 e. The minimum atomic E-state index is -0.346. The highest BCUT2D eigenvalue weighted by Gasteiger charge is 2.18. The van der Waals surface area contributed by atoms with Crippen LogP contribution in [0.25, 0.3) is 5.65 Å². The number of hydrogen-bond donors (Lipinski definition) is 2. The van der Waals surface area contributed by atoms with Gasteiger partial charge >= 0.3 is 0 Å². The maximum Gasteiger partial charge on any atom is 0.237 e. The normalized spacial score (nSPS) is 12.1. The molecule has 24 heavy (non-hydrogen) atoms. The second-order valence-electron chi connectivity index (χ2n) is 5.15. The van der Waals surface area contributed by atoms with Gasteiger partial charge in [0, 0.05) is 17.6 Å². The standard InChI is InChI=1S/C16H17N5O2S/c1-10(15(22)18-12-4-6-13(23-2)7-5-12)24-16-20-19-14-8-3-11(17)9-21(14)16/h3-10H,17H2,1-2H3,(H,18,22). The summed E-state index contributed by atoms with van der Waals surface area (Å²) in [4.78, 5) is 12.4. The predicted molar refractivity (Wildman–Crippen MR) is 94.3 cm³/mol. The van der Waals surface area contributed by atoms with E-state index in [1.54, 1.807) is 54.1 Å². The molecule has 2 heterocycles. The lowest BCUT2D eigenvalue weighted by atomic mass is 10.3. The van der Waals surface area contributed by atoms with Crippen LogP contribution in [-0.2, 0) is 4.79 Å². The number of nitrogens with two attached hydrogens (primary N) is 1. The first-order valence-corrected chi connectivity index (χ1v) is 8.16. The Morgan fingerprint density at radius 1 is 1.25 bits per heavy atom. The van der Waals surface area contributed by atoms with Gasteiger partial charge in [0.05, 0.1) is 12.4 Å². The number of ether oxygens (including phenoxy) is 1. The van der Waals surface area contributed by atoms with E-state index in [2.05, 4.69) is 15.5 Å². The Kier molecular flexibility index (Phi) is 4.57. The SMILES string of the molecule is COc1ccc(NC(=O)C(C)Sc2nnc3ccc(N)cn23)cc1. The topological polar surface area (TPSA) is 94.5 Å². The Hall–Kier alpha value is -2.74. The number of fused-ring (bicyclic) bond motifs is 1. The molecular formula is C16H17N5O2S. The van der Waals surface area contributed by atoms with Crippen molar-refractivity contribution >= 4 is 34.7 Å². The summed E-state index contributed by atoms with van der Waals surface area (Å²) < 4.78 is 6.87. The van der Waals surface area contributed by atoms with Gasteiger partial charge in [0.2, 0.25) is 5.91 Å². The van der Waals surface area contributed by atoms with Gasteiger partial charge in [-0.3, -0.25) is 9.20 Å². The van der Waals surface area contributed by atoms with Crippen molar-refractivity contribution in [3.63, 3.8) is 0 Å². The largest absolute Gasteiger partial charge is 0.497 e. The molecule has 8 heteroatoms. The second kappa shape index (κ2) is 6.79. The van der Waals surface area contributed by atoms with Crippen LogP contribution in [0.2, 0.25) is 0 Å². The minimum Gasteiger partial charge on any atom is -0.497 e. The fraction of sp³-hybridized carbons (Fsp3) is 0.188. The molecule has 0 bridgehead atoms. The molecule has 3 N–H and O–H groups in total. The van der Waals surface area contributed by atoms with Crippen LogP contribution in [0.15, 0.2) is 47.8 Å². The van der Waals surface area contributed by atoms with Crippen LogP contribution in [0.5, 0.6) is 5.75 Å². The average Bonchev–Trinajstić information content (AvgIpc) is 2.97. The van der Waals surface area contributed by atoms with Crippen LogP contribution in [0.3, 0.4) is 0 Å². The van der Waals surface area contributed by atoms with E-state index in [1.807, 2.05) is 6.92 Å². The molecule has 3 aromatic rings. The average molecular weight is 343 g/mol. The first kappa shape index (κ1) is 16.1. The second-order valence-corrected chi connectivity index (χ2v) is 6.46. The molecule has 0 saturated heterocycles. The van der Waals surface area contributed by atoms with Crippen molar-refractivity contribution in [1.29, 1.82) is 0 Å². The van der Waals surface area contributed by atoms with E-state index in [9.17, 15) is 4.79 Å². The maximum absolute atomic E-state index is 12.4. The third-order valence-electron chi connectivity index (χ3n) is 3.40. The van der Waals surface area contributed by atoms with Gasteiger partial charge in [-0.2, -0.15) is 0 Å². The molecule has 2 aromatic heterocycles. The summed E-state index contributed by atoms with van der Waals surface area (Å²) in [6, 6.07) is 10.7. The third-order valence-corrected chi connectivity index (χ3v) is 4.46. The predicted octanol–water partition coefficient (Wildman–Crippen LogP) is 2.44. The van der Waals surface area contributed by atoms with Gasteiger partial charge in [-0.1, -0.05) is 11.8 Å². The maximum atomic E-state index is 12.4. The van der Waals surface area contributed by atoms with Crippen molar-refractivity contribution in [2.45, 2.75) is 17.3 Å². The van der Waals surface area contributed by atoms with Crippen molar-refractivity contribution in [2.75, 3.05) is 18.2 Å². The van der Waals surface area contributed by atoms with Gasteiger partial charge in [-0.25, -0.2) is 0 Å². The van der Waals surface area contributed by atoms with E-state index in [1.165, 1.54) is 11.8 Å². The molecule has 0 saturated carbocycles. The number of carbonyl (C=O) groups is 1. The Balaban J connectivity index is 1.69. The Labute approximate surface area is 143 Å². The van der Waals surface area contributed by atoms with Crippen LogP contribution < -0.4 is 15.8 Å². The fourth-order valence-corrected chi connectivity index (χ4v) is 2.93. The number of nitrogens with zero attached hydrogens (tertiary/aromatic N) is 3. The summed E-state index contributed by atoms with van der Waals surface area (Å²) in [5.41, 5.74) is 7.80. The third kappa shape index (κ3) is 3.43. The molecule has 124 valence electrons. The number of anilines is 2. The van der Waals surface area contributed by atoms with E-state index in [0.29, 0.717) is 22.2 Å². The van der Waals surface area contributed by atoms with E-state index < -0.39 is 0 Å². The number of pyridine rings is 1. The minimum absolute atomic E-state index is 0.120. The Morgan fingerprint density at radius 2 is 2.00 bits per heavy atom. The number of hydrogen-bond acceptors (Lipinski definition) is 6. The van der Waals surface area contributed by atoms with Gasteiger partial charge in [-0.05, 0) is 43.3 Å². The molecule has 0 radical (unpaired) electrons. The molecule has 0 aliphatic rings. The Bertz CT molecular complexity index is 863. The number of nitrogens with one attached hydrogen (secondary N) is 1. The zero-order valence-corrected chi connectivity index (χ0v) is 14.1. The number of carbonyl (C=O) groups excluding carboxylic acids is 1. The molecule has 1 atom stereocenters. The van der Waals surface area contributed by atoms with Crippen molar-refractivity contribution in [2.24, 2.45) is 0 Å². The van der Waals surface area contributed by atoms with E-state index >= 15 is 0 Å². The van der Waals surface area contributed by atoms with Crippen LogP contribution in [-0.4, -0.2) is 32.9 Å². The van der Waals surface area contributed by atoms with Gasteiger partial charge in [0.15, 0.2) is 10.8 Å². The van der Waals surface area contributed by atoms with Gasteiger partial charge in [0.25, 0.3) is 0 Å². The zero-order chi connectivity index (χ0) is 17.1. The number of amides is 1. The van der Waals surface area contributed by atoms with Gasteiger partial charge < -0.3 is 15.8 Å². The highest BCUT2D eigenvalue weighted by atomic mass is 32.2. The van der Waals surface area contributed by atoms with Crippen molar-refractivity contribution < 1.29 is 9.53 Å². The highest BCUT2D eigenvalue weighted by Crippen LogP contribution is 2.24. The molecule has 1 amide bonds. The summed E-state index contributed by atoms with van der Waals surface area (Å²) >= 11 is 1.32. The first-order valence-electron chi connectivity index (χ1n) is 7.28. The van der Waals surface area contributed by atoms with Crippen molar-refractivity contribution in [1.82, 2.24) is 14.6 Å². The molecule has 1 unspecified atom stereocenters. The van der Waals surface area contributed by atoms with Gasteiger partial charge in [-0.15, -0.1) is 10.2 Å². The lowest BCUT2D eigenvalue weighted by Gasteiger charge is -2.11. The summed E-state index contributed by atoms with van der Waals surface area (Å²) in [6.07, 6.45) is 1.74. The monoisotopic (exact) mass is 343 g/mol. The Morgan fingerprint density at radius 3 is 2.71 bits per heavy atom. The molecule has 0 aliphatic heterocycles. The number of benzene rings is 1. The first-order chi connectivity index (χ1) is 11.6. The summed E-state index contributed by atoms with van der Waals surface area (Å²) in [6.45, 7) is 1.82. The van der Waals surface area contributed by atoms with Crippen LogP contribution in [0.4, 0.5) is 11.4 Å². The highest BCUT2D eigenvalue weighted by molar-refractivity contribution is 8.00. The summed E-state index contributed by atoms with van der Waals surface area (Å²) in [5, 5.41) is 11.3. The number of thioether (sulfide) groups is 1. The van der Waals surface area contributed by atoms with Gasteiger partial charge in [0.1, 0.15) is 5.75 Å². The van der Waals surface area contributed by atoms with E-state index in [0.717, 1.165) is 5.75 Å². The quantitative estimate of drug-likeness (QED) is 0.691. The molecule has 3 rings (SSSR count). The van der Waals surface area contributed by atoms with Crippen LogP contribution in [0, 0.1) is 0 Å². The summed E-state index contributed by atoms with van der Waals surface area (Å²) in [7, 11) is 1.60. The molecular weight excluding hydrogens is 326 g/mol. The molecule has 0 fully saturated rings. The molecule has 1 aromatic carbocycles. The van der Waals surface area contributed by atoms with Crippen molar-refractivity contribution in [3.8, 4) is 5.75 Å². The van der Waals surface area contributed by atoms with E-state index in [-0.39, 0.29) is 11.2 Å². The lowest BCUT2D eigenvalue weighted by molar-refractivity contribution is -0.115. The zero-order valence-electron chi connectivity index (χ0n) is 13.3. The molecule has 0 spiro atoms. The number of methoxy groups -OCH3 is 1.